The Morgan fingerprint density at radius 2 is 0.530 bits per heavy atom. The number of nitrogens with one attached hydrogen (secondary N) is 5. The highest BCUT2D eigenvalue weighted by Crippen LogP contribution is 2.28. The van der Waals surface area contributed by atoms with E-state index in [1.807, 2.05) is 253 Å². The summed E-state index contributed by atoms with van der Waals surface area (Å²) in [6.45, 7) is 0. The molecule has 15 aromatic carbocycles. The summed E-state index contributed by atoms with van der Waals surface area (Å²) in [5.41, 5.74) is 20.6. The van der Waals surface area contributed by atoms with Crippen molar-refractivity contribution >= 4 is 125 Å². The normalized spacial score (nSPS) is 10.6. The van der Waals surface area contributed by atoms with Crippen LogP contribution in [0.1, 0.15) is 78.1 Å². The molecular weight excluding hydrogens is 1660 g/mol. The molecule has 0 saturated carbocycles. The van der Waals surface area contributed by atoms with Crippen LogP contribution >= 0.6 is 0 Å². The second-order valence-corrected chi connectivity index (χ2v) is 29.5. The van der Waals surface area contributed by atoms with Crippen LogP contribution in [0.2, 0.25) is 0 Å². The number of amides is 5. The first-order valence-corrected chi connectivity index (χ1v) is 41.1. The Labute approximate surface area is 754 Å². The van der Waals surface area contributed by atoms with E-state index in [4.69, 9.17) is 15.1 Å². The molecule has 0 atom stereocenters. The molecule has 0 spiro atoms. The average molecular weight is 1740 g/mol. The molecule has 0 saturated heterocycles. The van der Waals surface area contributed by atoms with Crippen LogP contribution in [0.5, 0.6) is 11.5 Å². The zero-order valence-electron chi connectivity index (χ0n) is 70.5. The number of aromatic carboxylic acids is 1. The van der Waals surface area contributed by atoms with E-state index < -0.39 is 11.9 Å². The standard InChI is InChI=1S/C22H17N3O3.C21H14N4O.C21H15N3O3.C21H17N3O2.C20H15N3O2/c1-28-22(27)15-9-11-17(12-10-15)24-21(26)16-5-4-6-18(13-16)25-14-23-19-7-2-3-8-20(19)25;22-13-15-8-10-17(11-9-15)24-21(26)16-4-3-5-18(12-16)25-14-23-19-6-1-2-7-20(19)25;25-20(23-16-10-8-14(9-11-16)21(26)27)15-4-3-5-17(12-15)24-13-22-18-6-1-2-7-19(18)24;1-26-18-11-9-16(10-12-18)23-21(25)15-5-4-6-17(13-15)24-14-22-19-7-2-3-8-20(19)24;24-17-10-8-15(9-11-17)22-20(25)14-4-3-5-16(12-14)23-13-21-18-6-1-2-7-19(18)23/h2-14H,1H3,(H,24,26);1-12,14H,(H,24,26);1-13H,(H,23,25)(H,26,27);2-14H,1H3,(H,23,25);1-13,24H,(H,22,25). The Bertz CT molecular complexity index is 7670. The first-order valence-electron chi connectivity index (χ1n) is 41.1. The molecule has 644 valence electrons. The number of nitriles is 1. The van der Waals surface area contributed by atoms with Gasteiger partial charge < -0.3 is 46.3 Å². The molecule has 5 aromatic heterocycles. The lowest BCUT2D eigenvalue weighted by atomic mass is 10.1. The Morgan fingerprint density at radius 1 is 0.288 bits per heavy atom. The summed E-state index contributed by atoms with van der Waals surface area (Å²) < 4.78 is 19.5. The number of methoxy groups -OCH3 is 2. The maximum absolute atomic E-state index is 12.6. The van der Waals surface area contributed by atoms with Gasteiger partial charge in [-0.1, -0.05) is 91.0 Å². The van der Waals surface area contributed by atoms with Crippen molar-refractivity contribution < 1.29 is 53.2 Å². The highest BCUT2D eigenvalue weighted by atomic mass is 16.5. The van der Waals surface area contributed by atoms with Gasteiger partial charge in [-0.25, -0.2) is 34.5 Å². The minimum absolute atomic E-state index is 0.159. The number of aromatic nitrogens is 10. The molecule has 20 aromatic rings. The Hall–Kier alpha value is -19.0. The van der Waals surface area contributed by atoms with E-state index in [9.17, 15) is 38.7 Å². The van der Waals surface area contributed by atoms with Crippen LogP contribution < -0.4 is 31.3 Å². The maximum atomic E-state index is 12.6. The van der Waals surface area contributed by atoms with Crippen LogP contribution in [0.15, 0.2) is 396 Å². The van der Waals surface area contributed by atoms with Crippen molar-refractivity contribution in [1.82, 2.24) is 47.8 Å². The number of anilines is 5. The molecule has 7 N–H and O–H groups in total. The number of hydrogen-bond donors (Lipinski definition) is 7. The molecule has 0 radical (unpaired) electrons. The number of esters is 1. The van der Waals surface area contributed by atoms with E-state index in [1.54, 1.807) is 148 Å². The lowest BCUT2D eigenvalue weighted by Crippen LogP contribution is -2.12. The van der Waals surface area contributed by atoms with E-state index in [1.165, 1.54) is 31.4 Å². The van der Waals surface area contributed by atoms with Crippen LogP contribution in [-0.4, -0.2) is 114 Å². The van der Waals surface area contributed by atoms with Gasteiger partial charge in [0.2, 0.25) is 0 Å². The number of phenolic OH excluding ortho intramolecular Hbond substituents is 1. The topological polar surface area (TPSA) is 351 Å². The number of carbonyl (C=O) groups excluding carboxylic acids is 6. The van der Waals surface area contributed by atoms with Crippen LogP contribution in [-0.2, 0) is 4.74 Å². The Morgan fingerprint density at radius 3 is 0.780 bits per heavy atom. The molecule has 132 heavy (non-hydrogen) atoms. The van der Waals surface area contributed by atoms with Gasteiger partial charge in [0.05, 0.1) is 92.1 Å². The van der Waals surface area contributed by atoms with Crippen molar-refractivity contribution in [3.8, 4) is 46.0 Å². The van der Waals surface area contributed by atoms with Gasteiger partial charge in [-0.3, -0.25) is 46.8 Å². The monoisotopic (exact) mass is 1740 g/mol. The van der Waals surface area contributed by atoms with E-state index in [0.717, 1.165) is 89.4 Å². The zero-order valence-corrected chi connectivity index (χ0v) is 70.5. The number of carboxylic acids is 1. The van der Waals surface area contributed by atoms with Gasteiger partial charge in [0.1, 0.15) is 43.1 Å². The molecule has 5 amide bonds. The molecule has 27 heteroatoms. The van der Waals surface area contributed by atoms with Crippen LogP contribution in [0.4, 0.5) is 28.4 Å². The molecule has 0 fully saturated rings. The molecular formula is C105H78N16O11. The maximum Gasteiger partial charge on any atom is 0.337 e. The quantitative estimate of drug-likeness (QED) is 0.0310. The summed E-state index contributed by atoms with van der Waals surface area (Å²) in [4.78, 5) is 107. The number of aromatic hydroxyl groups is 1. The lowest BCUT2D eigenvalue weighted by molar-refractivity contribution is 0.0599. The van der Waals surface area contributed by atoms with Crippen molar-refractivity contribution in [2.24, 2.45) is 0 Å². The van der Waals surface area contributed by atoms with Crippen molar-refractivity contribution in [3.05, 3.63) is 440 Å². The number of nitrogens with zero attached hydrogens (tertiary/aromatic N) is 11. The summed E-state index contributed by atoms with van der Waals surface area (Å²) in [7, 11) is 2.94. The van der Waals surface area contributed by atoms with Crippen LogP contribution in [0.3, 0.4) is 0 Å². The first kappa shape index (κ1) is 86.5. The summed E-state index contributed by atoms with van der Waals surface area (Å²) in [5, 5.41) is 41.3. The van der Waals surface area contributed by atoms with Crippen LogP contribution in [0, 0.1) is 11.3 Å². The van der Waals surface area contributed by atoms with Gasteiger partial charge >= 0.3 is 11.9 Å². The minimum atomic E-state index is -1.01. The number of phenols is 1. The van der Waals surface area contributed by atoms with E-state index in [0.29, 0.717) is 67.4 Å². The highest BCUT2D eigenvalue weighted by molar-refractivity contribution is 6.08. The number of para-hydroxylation sites is 10. The number of hydrogen-bond acceptors (Lipinski definition) is 16. The van der Waals surface area contributed by atoms with E-state index in [2.05, 4.69) is 62.3 Å². The molecule has 0 unspecified atom stereocenters. The summed E-state index contributed by atoms with van der Waals surface area (Å²) >= 11 is 0. The smallest absolute Gasteiger partial charge is 0.337 e. The average Bonchev–Trinajstić information content (AvgIpc) is 1.67. The van der Waals surface area contributed by atoms with Gasteiger partial charge in [0.15, 0.2) is 0 Å². The molecule has 20 rings (SSSR count). The van der Waals surface area contributed by atoms with Crippen molar-refractivity contribution in [3.63, 3.8) is 0 Å². The van der Waals surface area contributed by atoms with Crippen molar-refractivity contribution in [2.75, 3.05) is 40.8 Å². The highest BCUT2D eigenvalue weighted by Gasteiger charge is 2.18. The predicted octanol–water partition coefficient (Wildman–Crippen LogP) is 20.5. The Kier molecular flexibility index (Phi) is 26.4. The fourth-order valence-corrected chi connectivity index (χ4v) is 14.2. The summed E-state index contributed by atoms with van der Waals surface area (Å²) in [6.07, 6.45) is 8.74. The third kappa shape index (κ3) is 20.7. The number of fused-ring (bicyclic) bond motifs is 5. The number of rotatable bonds is 18. The summed E-state index contributed by atoms with van der Waals surface area (Å²) in [5.74, 6) is -1.61. The third-order valence-corrected chi connectivity index (χ3v) is 20.9. The second-order valence-electron chi connectivity index (χ2n) is 29.5. The molecule has 0 aliphatic heterocycles. The number of carbonyl (C=O) groups is 7. The van der Waals surface area contributed by atoms with Gasteiger partial charge in [-0.2, -0.15) is 5.26 Å². The van der Waals surface area contributed by atoms with Gasteiger partial charge in [0, 0.05) is 84.7 Å². The van der Waals surface area contributed by atoms with E-state index >= 15 is 0 Å². The largest absolute Gasteiger partial charge is 0.508 e. The molecule has 27 nitrogen and oxygen atoms in total. The molecule has 0 aliphatic carbocycles. The second kappa shape index (κ2) is 40.3. The third-order valence-electron chi connectivity index (χ3n) is 20.9. The first-order chi connectivity index (χ1) is 64.5. The fourth-order valence-electron chi connectivity index (χ4n) is 14.2. The van der Waals surface area contributed by atoms with Gasteiger partial charge in [0.25, 0.3) is 29.5 Å². The van der Waals surface area contributed by atoms with Crippen molar-refractivity contribution in [2.45, 2.75) is 0 Å². The Balaban J connectivity index is 0.000000120. The summed E-state index contributed by atoms with van der Waals surface area (Å²) in [6, 6.07) is 111. The molecule has 5 heterocycles. The predicted molar refractivity (Wildman–Crippen MR) is 509 cm³/mol. The van der Waals surface area contributed by atoms with E-state index in [-0.39, 0.29) is 40.8 Å². The molecule has 0 aliphatic rings. The van der Waals surface area contributed by atoms with Crippen molar-refractivity contribution in [1.29, 1.82) is 5.26 Å². The number of imidazole rings is 5. The number of benzene rings is 15. The minimum Gasteiger partial charge on any atom is -0.508 e. The van der Waals surface area contributed by atoms with Crippen LogP contribution in [0.25, 0.3) is 83.6 Å². The van der Waals surface area contributed by atoms with Gasteiger partial charge in [-0.05, 0) is 273 Å². The zero-order chi connectivity index (χ0) is 91.4. The molecule has 0 bridgehead atoms. The number of ether oxygens (including phenoxy) is 2. The fraction of sp³-hybridized carbons (Fsp3) is 0.0190. The van der Waals surface area contributed by atoms with Gasteiger partial charge in [-0.15, -0.1) is 0 Å². The lowest BCUT2D eigenvalue weighted by Gasteiger charge is -2.09. The SMILES string of the molecule is COC(=O)c1ccc(NC(=O)c2cccc(-n3cnc4ccccc43)c2)cc1.COc1ccc(NC(=O)c2cccc(-n3cnc4ccccc43)c2)cc1.N#Cc1ccc(NC(=O)c2cccc(-n3cnc4ccccc43)c2)cc1.O=C(Nc1ccc(O)cc1)c1cccc(-n2cnc3ccccc32)c1.O=C(O)c1ccc(NC(=O)c2cccc(-n3cnc4ccccc43)c2)cc1. The number of carboxylic acid groups (broad SMARTS) is 1.